The Hall–Kier alpha value is -6.01. The van der Waals surface area contributed by atoms with Crippen LogP contribution in [0.4, 0.5) is 0 Å². The highest BCUT2D eigenvalue weighted by Gasteiger charge is 2.19. The quantitative estimate of drug-likeness (QED) is 0.0261. The lowest BCUT2D eigenvalue weighted by Crippen LogP contribution is -2.30. The van der Waals surface area contributed by atoms with Crippen LogP contribution in [0.2, 0.25) is 0 Å². The van der Waals surface area contributed by atoms with Gasteiger partial charge in [0.2, 0.25) is 0 Å². The molecule has 0 aromatic carbocycles. The summed E-state index contributed by atoms with van der Waals surface area (Å²) in [6, 6.07) is 0. The highest BCUT2D eigenvalue weighted by Crippen LogP contribution is 2.10. The van der Waals surface area contributed by atoms with Crippen molar-refractivity contribution in [2.24, 2.45) is 0 Å². The van der Waals surface area contributed by atoms with Crippen LogP contribution in [0.3, 0.4) is 0 Å². The Bertz CT molecular complexity index is 1930. The molecule has 1 atom stereocenters. The molecular formula is C71H104O6. The van der Waals surface area contributed by atoms with Gasteiger partial charge in [0.05, 0.1) is 0 Å². The number of hydrogen-bond donors (Lipinski definition) is 0. The zero-order valence-corrected chi connectivity index (χ0v) is 48.4. The van der Waals surface area contributed by atoms with E-state index >= 15 is 0 Å². The van der Waals surface area contributed by atoms with E-state index in [1.807, 2.05) is 12.2 Å². The van der Waals surface area contributed by atoms with Crippen LogP contribution in [-0.2, 0) is 28.6 Å². The SMILES string of the molecule is CC/C=C\C/C=C\C/C=C\C/C=C\C/C=C\C/C=C\C/C=C\C/C=C\CCCCCCC(=O)OCC(COC(=O)CC/C=C\C/C=C\C/C=C\C/C=C\CC)OC(=O)CCC/C=C\C/C=C\C/C=C\C/C=C\C/C=C\CC. The number of carbonyl (C=O) groups excluding carboxylic acids is 3. The molecule has 0 spiro atoms. The van der Waals surface area contributed by atoms with Crippen molar-refractivity contribution >= 4 is 17.9 Å². The van der Waals surface area contributed by atoms with Crippen molar-refractivity contribution < 1.29 is 28.6 Å². The van der Waals surface area contributed by atoms with Crippen molar-refractivity contribution in [1.82, 2.24) is 0 Å². The molecule has 0 bridgehead atoms. The van der Waals surface area contributed by atoms with Gasteiger partial charge < -0.3 is 14.2 Å². The zero-order valence-electron chi connectivity index (χ0n) is 48.4. The Morgan fingerprint density at radius 1 is 0.260 bits per heavy atom. The van der Waals surface area contributed by atoms with Gasteiger partial charge in [0.1, 0.15) is 13.2 Å². The second kappa shape index (κ2) is 62.5. The molecular weight excluding hydrogens is 949 g/mol. The van der Waals surface area contributed by atoms with Crippen molar-refractivity contribution in [3.8, 4) is 0 Å². The number of carbonyl (C=O) groups is 3. The first-order chi connectivity index (χ1) is 38.0. The number of hydrogen-bond acceptors (Lipinski definition) is 6. The first-order valence-electron chi connectivity index (χ1n) is 29.6. The van der Waals surface area contributed by atoms with Crippen LogP contribution in [0.25, 0.3) is 0 Å². The Labute approximate surface area is 470 Å². The molecule has 0 N–H and O–H groups in total. The molecule has 77 heavy (non-hydrogen) atoms. The lowest BCUT2D eigenvalue weighted by Gasteiger charge is -2.18. The van der Waals surface area contributed by atoms with Gasteiger partial charge >= 0.3 is 17.9 Å². The molecule has 1 unspecified atom stereocenters. The molecule has 0 heterocycles. The van der Waals surface area contributed by atoms with Gasteiger partial charge in [0.15, 0.2) is 6.10 Å². The van der Waals surface area contributed by atoms with Crippen molar-refractivity contribution in [1.29, 1.82) is 0 Å². The average Bonchev–Trinajstić information content (AvgIpc) is 3.43. The predicted molar refractivity (Wildman–Crippen MR) is 333 cm³/mol. The minimum absolute atomic E-state index is 0.149. The van der Waals surface area contributed by atoms with E-state index in [-0.39, 0.29) is 38.0 Å². The van der Waals surface area contributed by atoms with E-state index in [9.17, 15) is 14.4 Å². The van der Waals surface area contributed by atoms with Crippen molar-refractivity contribution in [3.05, 3.63) is 207 Å². The van der Waals surface area contributed by atoms with E-state index < -0.39 is 12.1 Å². The van der Waals surface area contributed by atoms with Crippen molar-refractivity contribution in [3.63, 3.8) is 0 Å². The van der Waals surface area contributed by atoms with E-state index in [2.05, 4.69) is 215 Å². The summed E-state index contributed by atoms with van der Waals surface area (Å²) in [5.74, 6) is -1.13. The number of rotatable bonds is 50. The molecule has 0 aliphatic carbocycles. The summed E-state index contributed by atoms with van der Waals surface area (Å²) in [7, 11) is 0. The lowest BCUT2D eigenvalue weighted by atomic mass is 10.1. The molecule has 0 aliphatic heterocycles. The lowest BCUT2D eigenvalue weighted by molar-refractivity contribution is -0.166. The van der Waals surface area contributed by atoms with Crippen LogP contribution in [0, 0.1) is 0 Å². The smallest absolute Gasteiger partial charge is 0.306 e. The monoisotopic (exact) mass is 1050 g/mol. The zero-order chi connectivity index (χ0) is 55.7. The van der Waals surface area contributed by atoms with Gasteiger partial charge in [-0.2, -0.15) is 0 Å². The molecule has 0 aromatic rings. The fourth-order valence-electron chi connectivity index (χ4n) is 6.98. The first kappa shape index (κ1) is 71.0. The standard InChI is InChI=1S/C71H104O6/c1-4-7-10-13-16-19-22-25-27-29-30-31-32-33-34-35-36-37-38-39-40-42-43-46-49-52-55-58-61-64-70(73)76-67-68(66-75-69(72)63-60-57-54-51-48-45-24-21-18-15-12-9-6-3)77-71(74)65-62-59-56-53-50-47-44-41-28-26-23-20-17-14-11-8-5-2/h7-12,16-21,25-28,30-31,33-34,36-37,39-40,43-48,53-54,56-57,68H,4-6,13-15,22-24,29,32,35,38,41-42,49-52,55,58-67H2,1-3H3/b10-7-,11-8-,12-9-,19-16-,20-17-,21-18-,27-25-,28-26-,31-30-,34-33-,37-36-,40-39-,46-43-,47-44-,48-45-,56-53-,57-54-. The molecule has 0 rings (SSSR count). The largest absolute Gasteiger partial charge is 0.462 e. The molecule has 0 saturated carbocycles. The first-order valence-corrected chi connectivity index (χ1v) is 29.6. The Balaban J connectivity index is 4.54. The molecule has 6 heteroatoms. The molecule has 0 fully saturated rings. The van der Waals surface area contributed by atoms with E-state index in [1.54, 1.807) is 0 Å². The third-order valence-corrected chi connectivity index (χ3v) is 11.3. The summed E-state index contributed by atoms with van der Waals surface area (Å²) < 4.78 is 16.7. The number of esters is 3. The van der Waals surface area contributed by atoms with Gasteiger partial charge in [-0.25, -0.2) is 0 Å². The second-order valence-corrected chi connectivity index (χ2v) is 18.4. The maximum absolute atomic E-state index is 12.8. The van der Waals surface area contributed by atoms with Crippen LogP contribution in [0.1, 0.15) is 201 Å². The van der Waals surface area contributed by atoms with Gasteiger partial charge in [0, 0.05) is 19.3 Å². The number of ether oxygens (including phenoxy) is 3. The fourth-order valence-corrected chi connectivity index (χ4v) is 6.98. The minimum atomic E-state index is -0.861. The van der Waals surface area contributed by atoms with E-state index in [4.69, 9.17) is 14.2 Å². The van der Waals surface area contributed by atoms with Crippen LogP contribution in [0.15, 0.2) is 207 Å². The Morgan fingerprint density at radius 3 is 0.831 bits per heavy atom. The van der Waals surface area contributed by atoms with E-state index in [1.165, 1.54) is 0 Å². The summed E-state index contributed by atoms with van der Waals surface area (Å²) in [5.41, 5.74) is 0. The molecule has 6 nitrogen and oxygen atoms in total. The van der Waals surface area contributed by atoms with Crippen molar-refractivity contribution in [2.75, 3.05) is 13.2 Å². The van der Waals surface area contributed by atoms with E-state index in [0.29, 0.717) is 19.3 Å². The summed E-state index contributed by atoms with van der Waals surface area (Å²) in [4.78, 5) is 38.1. The Kier molecular flexibility index (Phi) is 57.6. The molecule has 0 aromatic heterocycles. The van der Waals surface area contributed by atoms with Crippen LogP contribution in [-0.4, -0.2) is 37.2 Å². The van der Waals surface area contributed by atoms with Gasteiger partial charge in [-0.15, -0.1) is 0 Å². The maximum Gasteiger partial charge on any atom is 0.306 e. The maximum atomic E-state index is 12.8. The molecule has 424 valence electrons. The van der Waals surface area contributed by atoms with Crippen LogP contribution in [0.5, 0.6) is 0 Å². The average molecular weight is 1050 g/mol. The minimum Gasteiger partial charge on any atom is -0.462 e. The topological polar surface area (TPSA) is 78.9 Å². The third-order valence-electron chi connectivity index (χ3n) is 11.3. The summed E-state index contributed by atoms with van der Waals surface area (Å²) in [5, 5.41) is 0. The molecule has 0 amide bonds. The molecule has 0 radical (unpaired) electrons. The summed E-state index contributed by atoms with van der Waals surface area (Å²) >= 11 is 0. The van der Waals surface area contributed by atoms with Gasteiger partial charge in [-0.1, -0.05) is 240 Å². The van der Waals surface area contributed by atoms with Crippen molar-refractivity contribution in [2.45, 2.75) is 207 Å². The second-order valence-electron chi connectivity index (χ2n) is 18.4. The van der Waals surface area contributed by atoms with Crippen LogP contribution >= 0.6 is 0 Å². The van der Waals surface area contributed by atoms with Gasteiger partial charge in [0.25, 0.3) is 0 Å². The normalized spacial score (nSPS) is 13.6. The fraction of sp³-hybridized carbons (Fsp3) is 0.479. The molecule has 0 saturated heterocycles. The molecule has 0 aliphatic rings. The van der Waals surface area contributed by atoms with Crippen LogP contribution < -0.4 is 0 Å². The highest BCUT2D eigenvalue weighted by atomic mass is 16.6. The summed E-state index contributed by atoms with van der Waals surface area (Å²) in [6.45, 7) is 6.13. The Morgan fingerprint density at radius 2 is 0.506 bits per heavy atom. The van der Waals surface area contributed by atoms with Gasteiger partial charge in [-0.05, 0) is 148 Å². The van der Waals surface area contributed by atoms with Gasteiger partial charge in [-0.3, -0.25) is 14.4 Å². The van der Waals surface area contributed by atoms with E-state index in [0.717, 1.165) is 148 Å². The number of allylic oxidation sites excluding steroid dienone is 34. The third kappa shape index (κ3) is 60.7. The summed E-state index contributed by atoms with van der Waals surface area (Å²) in [6.07, 6.45) is 97.0. The predicted octanol–water partition coefficient (Wildman–Crippen LogP) is 20.4. The number of unbranched alkanes of at least 4 members (excludes halogenated alkanes) is 5. The highest BCUT2D eigenvalue weighted by molar-refractivity contribution is 5.71.